The van der Waals surface area contributed by atoms with Crippen LogP contribution in [0.2, 0.25) is 0 Å². The minimum Gasteiger partial charge on any atom is -0.508 e. The van der Waals surface area contributed by atoms with E-state index in [1.807, 2.05) is 0 Å². The number of carbonyl (C=O) groups excluding carboxylic acids is 3. The molecular weight excluding hydrogens is 496 g/mol. The first-order valence-electron chi connectivity index (χ1n) is 11.0. The first kappa shape index (κ1) is 30.8. The molecule has 1 aromatic rings. The third-order valence-electron chi connectivity index (χ3n) is 5.10. The Labute approximate surface area is 210 Å². The van der Waals surface area contributed by atoms with Crippen molar-refractivity contribution < 1.29 is 54.3 Å². The number of aromatic hydroxyl groups is 1. The van der Waals surface area contributed by atoms with Gasteiger partial charge in [0, 0.05) is 12.8 Å². The molecule has 0 saturated heterocycles. The number of carbonyl (C=O) groups is 6. The molecular formula is C22H30N4O11. The summed E-state index contributed by atoms with van der Waals surface area (Å²) in [5.41, 5.74) is 5.92. The lowest BCUT2D eigenvalue weighted by Gasteiger charge is -2.25. The van der Waals surface area contributed by atoms with Gasteiger partial charge in [-0.2, -0.15) is 0 Å². The van der Waals surface area contributed by atoms with Gasteiger partial charge in [-0.1, -0.05) is 12.1 Å². The van der Waals surface area contributed by atoms with Crippen LogP contribution < -0.4 is 21.7 Å². The molecule has 5 unspecified atom stereocenters. The van der Waals surface area contributed by atoms with Crippen molar-refractivity contribution in [2.24, 2.45) is 5.73 Å². The Hall–Kier alpha value is -4.24. The van der Waals surface area contributed by atoms with Gasteiger partial charge in [-0.15, -0.1) is 0 Å². The molecule has 0 bridgehead atoms. The van der Waals surface area contributed by atoms with Crippen LogP contribution in [-0.4, -0.2) is 91.4 Å². The second-order valence-electron chi connectivity index (χ2n) is 8.19. The number of phenolic OH excluding ortho intramolecular Hbond substituents is 1. The molecule has 15 nitrogen and oxygen atoms in total. The van der Waals surface area contributed by atoms with Gasteiger partial charge in [0.05, 0.1) is 12.5 Å². The van der Waals surface area contributed by atoms with Crippen molar-refractivity contribution in [2.75, 3.05) is 0 Å². The number of hydrogen-bond acceptors (Lipinski definition) is 9. The fourth-order valence-corrected chi connectivity index (χ4v) is 3.02. The topological polar surface area (TPSA) is 266 Å². The van der Waals surface area contributed by atoms with Crippen molar-refractivity contribution in [3.8, 4) is 5.75 Å². The molecule has 1 aromatic carbocycles. The Balaban J connectivity index is 3.07. The van der Waals surface area contributed by atoms with E-state index in [1.165, 1.54) is 31.2 Å². The van der Waals surface area contributed by atoms with Crippen LogP contribution in [0.4, 0.5) is 0 Å². The first-order chi connectivity index (χ1) is 17.2. The van der Waals surface area contributed by atoms with Gasteiger partial charge in [-0.25, -0.2) is 4.79 Å². The van der Waals surface area contributed by atoms with Crippen LogP contribution in [0, 0.1) is 0 Å². The molecule has 5 atom stereocenters. The number of aliphatic carboxylic acids is 3. The van der Waals surface area contributed by atoms with Crippen LogP contribution in [0.5, 0.6) is 5.75 Å². The molecule has 15 heteroatoms. The van der Waals surface area contributed by atoms with Crippen LogP contribution in [0.25, 0.3) is 0 Å². The average molecular weight is 526 g/mol. The molecule has 10 N–H and O–H groups in total. The third-order valence-corrected chi connectivity index (χ3v) is 5.10. The van der Waals surface area contributed by atoms with Gasteiger partial charge in [-0.05, 0) is 31.0 Å². The average Bonchev–Trinajstić information content (AvgIpc) is 2.80. The third kappa shape index (κ3) is 10.9. The van der Waals surface area contributed by atoms with Crippen LogP contribution in [0.3, 0.4) is 0 Å². The molecule has 0 heterocycles. The number of carboxylic acid groups (broad SMARTS) is 3. The van der Waals surface area contributed by atoms with Crippen LogP contribution >= 0.6 is 0 Å². The molecule has 204 valence electrons. The molecule has 0 aliphatic heterocycles. The summed E-state index contributed by atoms with van der Waals surface area (Å²) in [5, 5.41) is 52.8. The Morgan fingerprint density at radius 2 is 1.32 bits per heavy atom. The standard InChI is InChI=1S/C22H30N4O11/c1-10(27)18(23)21(35)25-14(9-17(31)32)20(34)24-13(6-7-16(29)30)19(33)26-15(22(36)37)8-11-2-4-12(28)5-3-11/h2-5,10,13-15,18,27-28H,6-9,23H2,1H3,(H,24,34)(H,25,35)(H,26,33)(H,29,30)(H,31,32)(H,36,37). The van der Waals surface area contributed by atoms with Gasteiger partial charge >= 0.3 is 17.9 Å². The number of nitrogens with one attached hydrogen (secondary N) is 3. The zero-order valence-electron chi connectivity index (χ0n) is 19.8. The molecule has 0 saturated carbocycles. The highest BCUT2D eigenvalue weighted by Gasteiger charge is 2.32. The van der Waals surface area contributed by atoms with Crippen molar-refractivity contribution in [3.63, 3.8) is 0 Å². The molecule has 0 fully saturated rings. The zero-order valence-corrected chi connectivity index (χ0v) is 19.8. The first-order valence-corrected chi connectivity index (χ1v) is 11.0. The van der Waals surface area contributed by atoms with E-state index in [1.54, 1.807) is 0 Å². The number of amides is 3. The maximum Gasteiger partial charge on any atom is 0.326 e. The Kier molecular flexibility index (Phi) is 11.9. The minimum absolute atomic E-state index is 0.0616. The molecule has 0 aliphatic rings. The summed E-state index contributed by atoms with van der Waals surface area (Å²) in [5.74, 6) is -7.63. The molecule has 0 aliphatic carbocycles. The second kappa shape index (κ2) is 14.4. The summed E-state index contributed by atoms with van der Waals surface area (Å²) < 4.78 is 0. The lowest BCUT2D eigenvalue weighted by atomic mass is 10.0. The maximum atomic E-state index is 12.8. The minimum atomic E-state index is -1.75. The van der Waals surface area contributed by atoms with E-state index in [9.17, 15) is 44.1 Å². The number of aliphatic hydroxyl groups is 1. The predicted octanol–water partition coefficient (Wildman–Crippen LogP) is -2.48. The van der Waals surface area contributed by atoms with Gasteiger partial charge in [-0.3, -0.25) is 24.0 Å². The number of carboxylic acids is 3. The van der Waals surface area contributed by atoms with E-state index in [4.69, 9.17) is 15.9 Å². The van der Waals surface area contributed by atoms with E-state index in [0.29, 0.717) is 5.56 Å². The van der Waals surface area contributed by atoms with Crippen LogP contribution in [0.15, 0.2) is 24.3 Å². The van der Waals surface area contributed by atoms with Crippen molar-refractivity contribution in [3.05, 3.63) is 29.8 Å². The molecule has 0 spiro atoms. The van der Waals surface area contributed by atoms with E-state index < -0.39 is 85.2 Å². The van der Waals surface area contributed by atoms with Crippen molar-refractivity contribution in [2.45, 2.75) is 62.9 Å². The fraction of sp³-hybridized carbons (Fsp3) is 0.455. The normalized spacial score (nSPS) is 14.8. The molecule has 1 rings (SSSR count). The molecule has 0 radical (unpaired) electrons. The van der Waals surface area contributed by atoms with E-state index in [0.717, 1.165) is 0 Å². The smallest absolute Gasteiger partial charge is 0.326 e. The summed E-state index contributed by atoms with van der Waals surface area (Å²) in [4.78, 5) is 71.6. The van der Waals surface area contributed by atoms with Crippen molar-refractivity contribution in [1.29, 1.82) is 0 Å². The summed E-state index contributed by atoms with van der Waals surface area (Å²) in [6.45, 7) is 1.19. The zero-order chi connectivity index (χ0) is 28.3. The number of benzene rings is 1. The largest absolute Gasteiger partial charge is 0.508 e. The van der Waals surface area contributed by atoms with E-state index in [-0.39, 0.29) is 12.2 Å². The Bertz CT molecular complexity index is 997. The number of aliphatic hydroxyl groups excluding tert-OH is 1. The second-order valence-corrected chi connectivity index (χ2v) is 8.19. The summed E-state index contributed by atoms with van der Waals surface area (Å²) in [6.07, 6.45) is -3.58. The van der Waals surface area contributed by atoms with Gasteiger partial charge in [0.25, 0.3) is 0 Å². The highest BCUT2D eigenvalue weighted by Crippen LogP contribution is 2.12. The summed E-state index contributed by atoms with van der Waals surface area (Å²) in [6, 6.07) is -0.868. The van der Waals surface area contributed by atoms with Gasteiger partial charge < -0.3 is 47.2 Å². The molecule has 37 heavy (non-hydrogen) atoms. The number of hydrogen-bond donors (Lipinski definition) is 9. The monoisotopic (exact) mass is 526 g/mol. The Morgan fingerprint density at radius 3 is 1.81 bits per heavy atom. The van der Waals surface area contributed by atoms with Crippen LogP contribution in [0.1, 0.15) is 31.7 Å². The predicted molar refractivity (Wildman–Crippen MR) is 124 cm³/mol. The van der Waals surface area contributed by atoms with E-state index >= 15 is 0 Å². The molecule has 0 aromatic heterocycles. The van der Waals surface area contributed by atoms with Crippen molar-refractivity contribution >= 4 is 35.6 Å². The van der Waals surface area contributed by atoms with Crippen LogP contribution in [-0.2, 0) is 35.2 Å². The van der Waals surface area contributed by atoms with Gasteiger partial charge in [0.1, 0.15) is 29.9 Å². The lowest BCUT2D eigenvalue weighted by Crippen LogP contribution is -2.58. The summed E-state index contributed by atoms with van der Waals surface area (Å²) in [7, 11) is 0. The molecule has 3 amide bonds. The lowest BCUT2D eigenvalue weighted by molar-refractivity contribution is -0.143. The maximum absolute atomic E-state index is 12.8. The van der Waals surface area contributed by atoms with E-state index in [2.05, 4.69) is 16.0 Å². The van der Waals surface area contributed by atoms with Gasteiger partial charge in [0.15, 0.2) is 0 Å². The summed E-state index contributed by atoms with van der Waals surface area (Å²) >= 11 is 0. The highest BCUT2D eigenvalue weighted by molar-refractivity contribution is 5.95. The SMILES string of the molecule is CC(O)C(N)C(=O)NC(CC(=O)O)C(=O)NC(CCC(=O)O)C(=O)NC(Cc1ccc(O)cc1)C(=O)O. The van der Waals surface area contributed by atoms with Gasteiger partial charge in [0.2, 0.25) is 17.7 Å². The van der Waals surface area contributed by atoms with Crippen molar-refractivity contribution in [1.82, 2.24) is 16.0 Å². The fourth-order valence-electron chi connectivity index (χ4n) is 3.02. The Morgan fingerprint density at radius 1 is 0.811 bits per heavy atom. The number of phenols is 1. The highest BCUT2D eigenvalue weighted by atomic mass is 16.4. The number of rotatable bonds is 15. The number of nitrogens with two attached hydrogens (primary N) is 1. The quantitative estimate of drug-likeness (QED) is 0.115.